The van der Waals surface area contributed by atoms with Crippen LogP contribution < -0.4 is 10.4 Å². The van der Waals surface area contributed by atoms with Gasteiger partial charge in [-0.3, -0.25) is 0 Å². The Morgan fingerprint density at radius 2 is 2.04 bits per heavy atom. The van der Waals surface area contributed by atoms with Crippen molar-refractivity contribution in [3.8, 4) is 5.75 Å². The molecule has 2 atom stereocenters. The van der Waals surface area contributed by atoms with Gasteiger partial charge in [-0.1, -0.05) is 11.6 Å². The predicted octanol–water partition coefficient (Wildman–Crippen LogP) is 4.82. The third kappa shape index (κ3) is 3.15. The summed E-state index contributed by atoms with van der Waals surface area (Å²) in [5, 5.41) is 1.71. The van der Waals surface area contributed by atoms with Crippen LogP contribution in [0.1, 0.15) is 33.6 Å². The first-order valence-corrected chi connectivity index (χ1v) is 8.84. The fourth-order valence-electron chi connectivity index (χ4n) is 3.26. The van der Waals surface area contributed by atoms with Gasteiger partial charge in [0.15, 0.2) is 11.2 Å². The molecule has 0 saturated carbocycles. The maximum Gasteiger partial charge on any atom is 0.336 e. The van der Waals surface area contributed by atoms with E-state index in [0.717, 1.165) is 23.6 Å². The third-order valence-electron chi connectivity index (χ3n) is 4.89. The van der Waals surface area contributed by atoms with E-state index in [1.54, 1.807) is 12.3 Å². The zero-order chi connectivity index (χ0) is 18.3. The van der Waals surface area contributed by atoms with Gasteiger partial charge in [-0.05, 0) is 51.8 Å². The van der Waals surface area contributed by atoms with Gasteiger partial charge in [0.25, 0.3) is 0 Å². The summed E-state index contributed by atoms with van der Waals surface area (Å²) in [4.78, 5) is 11.7. The number of furan rings is 1. The second kappa shape index (κ2) is 6.32. The molecule has 3 heterocycles. The molecule has 5 heteroatoms. The van der Waals surface area contributed by atoms with Gasteiger partial charge in [-0.25, -0.2) is 4.79 Å². The maximum absolute atomic E-state index is 11.7. The standard InChI is InChI=1S/C21H22O5/c1-13(2)5-4-9-21(3)16(26-21)12-24-20-18-15(8-10-23-18)11-14-6-7-17(22)25-19(14)20/h5-8,10-11,16H,4,9,12H2,1-3H3. The van der Waals surface area contributed by atoms with Crippen molar-refractivity contribution < 1.29 is 18.3 Å². The van der Waals surface area contributed by atoms with Gasteiger partial charge in [-0.2, -0.15) is 0 Å². The van der Waals surface area contributed by atoms with Crippen LogP contribution in [0, 0.1) is 0 Å². The largest absolute Gasteiger partial charge is 0.483 e. The fourth-order valence-corrected chi connectivity index (χ4v) is 3.26. The van der Waals surface area contributed by atoms with Crippen LogP contribution in [-0.4, -0.2) is 18.3 Å². The van der Waals surface area contributed by atoms with Crippen LogP contribution in [0.15, 0.2) is 55.8 Å². The van der Waals surface area contributed by atoms with Crippen molar-refractivity contribution in [3.63, 3.8) is 0 Å². The van der Waals surface area contributed by atoms with Crippen LogP contribution in [0.3, 0.4) is 0 Å². The molecule has 0 radical (unpaired) electrons. The third-order valence-corrected chi connectivity index (χ3v) is 4.89. The van der Waals surface area contributed by atoms with Crippen molar-refractivity contribution in [2.24, 2.45) is 0 Å². The van der Waals surface area contributed by atoms with E-state index in [-0.39, 0.29) is 11.7 Å². The van der Waals surface area contributed by atoms with Crippen molar-refractivity contribution in [2.75, 3.05) is 6.61 Å². The highest BCUT2D eigenvalue weighted by molar-refractivity contribution is 5.99. The highest BCUT2D eigenvalue weighted by Crippen LogP contribution is 2.42. The molecule has 2 unspecified atom stereocenters. The van der Waals surface area contributed by atoms with Gasteiger partial charge in [0.05, 0.1) is 11.9 Å². The average Bonchev–Trinajstić information content (AvgIpc) is 3.00. The molecule has 136 valence electrons. The molecular weight excluding hydrogens is 332 g/mol. The van der Waals surface area contributed by atoms with Gasteiger partial charge in [0.2, 0.25) is 5.75 Å². The van der Waals surface area contributed by atoms with E-state index in [1.807, 2.05) is 12.1 Å². The summed E-state index contributed by atoms with van der Waals surface area (Å²) in [6.07, 6.45) is 5.78. The molecule has 0 amide bonds. The van der Waals surface area contributed by atoms with E-state index < -0.39 is 5.63 Å². The van der Waals surface area contributed by atoms with E-state index >= 15 is 0 Å². The molecule has 0 spiro atoms. The molecule has 1 fully saturated rings. The molecular formula is C21H22O5. The molecule has 2 aromatic heterocycles. The quantitative estimate of drug-likeness (QED) is 0.361. The first kappa shape index (κ1) is 16.9. The summed E-state index contributed by atoms with van der Waals surface area (Å²) in [6.45, 7) is 6.68. The molecule has 5 nitrogen and oxygen atoms in total. The van der Waals surface area contributed by atoms with Gasteiger partial charge in [-0.15, -0.1) is 0 Å². The predicted molar refractivity (Wildman–Crippen MR) is 99.7 cm³/mol. The normalized spacial score (nSPS) is 21.9. The van der Waals surface area contributed by atoms with Crippen LogP contribution in [0.2, 0.25) is 0 Å². The van der Waals surface area contributed by atoms with Crippen molar-refractivity contribution in [2.45, 2.75) is 45.3 Å². The average molecular weight is 354 g/mol. The number of benzene rings is 1. The lowest BCUT2D eigenvalue weighted by Crippen LogP contribution is -2.16. The zero-order valence-corrected chi connectivity index (χ0v) is 15.2. The number of fused-ring (bicyclic) bond motifs is 2. The van der Waals surface area contributed by atoms with Crippen LogP contribution in [0.25, 0.3) is 21.9 Å². The first-order valence-electron chi connectivity index (χ1n) is 8.84. The second-order valence-corrected chi connectivity index (χ2v) is 7.27. The van der Waals surface area contributed by atoms with Crippen molar-refractivity contribution in [1.82, 2.24) is 0 Å². The monoisotopic (exact) mass is 354 g/mol. The summed E-state index contributed by atoms with van der Waals surface area (Å²) in [5.41, 5.74) is 1.72. The molecule has 3 aromatic rings. The molecule has 1 aromatic carbocycles. The lowest BCUT2D eigenvalue weighted by Gasteiger charge is -2.09. The van der Waals surface area contributed by atoms with Gasteiger partial charge < -0.3 is 18.3 Å². The smallest absolute Gasteiger partial charge is 0.336 e. The molecule has 1 saturated heterocycles. The van der Waals surface area contributed by atoms with Crippen LogP contribution in [0.5, 0.6) is 5.75 Å². The maximum atomic E-state index is 11.7. The van der Waals surface area contributed by atoms with Gasteiger partial charge >= 0.3 is 5.63 Å². The number of ether oxygens (including phenoxy) is 2. The van der Waals surface area contributed by atoms with Crippen LogP contribution >= 0.6 is 0 Å². The molecule has 0 bridgehead atoms. The Kier molecular flexibility index (Phi) is 4.11. The van der Waals surface area contributed by atoms with E-state index in [2.05, 4.69) is 26.8 Å². The first-order chi connectivity index (χ1) is 12.5. The van der Waals surface area contributed by atoms with E-state index in [1.165, 1.54) is 11.6 Å². The Hall–Kier alpha value is -2.53. The minimum atomic E-state index is -0.414. The van der Waals surface area contributed by atoms with E-state index in [9.17, 15) is 4.79 Å². The second-order valence-electron chi connectivity index (χ2n) is 7.27. The molecule has 1 aliphatic rings. The Morgan fingerprint density at radius 1 is 1.23 bits per heavy atom. The highest BCUT2D eigenvalue weighted by Gasteiger charge is 2.52. The molecule has 1 aliphatic heterocycles. The fraction of sp³-hybridized carbons (Fsp3) is 0.381. The summed E-state index contributed by atoms with van der Waals surface area (Å²) >= 11 is 0. The molecule has 26 heavy (non-hydrogen) atoms. The minimum Gasteiger partial charge on any atom is -0.483 e. The summed E-state index contributed by atoms with van der Waals surface area (Å²) in [6, 6.07) is 6.92. The Bertz CT molecular complexity index is 1040. The Morgan fingerprint density at radius 3 is 2.85 bits per heavy atom. The lowest BCUT2D eigenvalue weighted by atomic mass is 10.0. The summed E-state index contributed by atoms with van der Waals surface area (Å²) in [7, 11) is 0. The number of rotatable bonds is 6. The Balaban J connectivity index is 1.56. The van der Waals surface area contributed by atoms with Crippen molar-refractivity contribution in [1.29, 1.82) is 0 Å². The number of epoxide rings is 1. The lowest BCUT2D eigenvalue weighted by molar-refractivity contribution is 0.249. The summed E-state index contributed by atoms with van der Waals surface area (Å²) in [5.74, 6) is 0.461. The van der Waals surface area contributed by atoms with Crippen LogP contribution in [-0.2, 0) is 4.74 Å². The van der Waals surface area contributed by atoms with Crippen molar-refractivity contribution >= 4 is 21.9 Å². The van der Waals surface area contributed by atoms with Gasteiger partial charge in [0.1, 0.15) is 12.7 Å². The van der Waals surface area contributed by atoms with Crippen molar-refractivity contribution in [3.05, 3.63) is 52.6 Å². The topological polar surface area (TPSA) is 65.1 Å². The molecule has 4 rings (SSSR count). The van der Waals surface area contributed by atoms with Gasteiger partial charge in [0, 0.05) is 16.8 Å². The molecule has 0 aliphatic carbocycles. The number of allylic oxidation sites excluding steroid dienone is 2. The van der Waals surface area contributed by atoms with E-state index in [0.29, 0.717) is 23.5 Å². The SMILES string of the molecule is CC(C)=CCCC1(C)OC1COc1c2occc2cc2ccc(=O)oc12. The number of hydrogen-bond acceptors (Lipinski definition) is 5. The minimum absolute atomic E-state index is 0.0174. The van der Waals surface area contributed by atoms with E-state index in [4.69, 9.17) is 18.3 Å². The number of hydrogen-bond donors (Lipinski definition) is 0. The Labute approximate surface area is 151 Å². The van der Waals surface area contributed by atoms with Crippen LogP contribution in [0.4, 0.5) is 0 Å². The summed E-state index contributed by atoms with van der Waals surface area (Å²) < 4.78 is 22.8. The zero-order valence-electron chi connectivity index (χ0n) is 15.2. The highest BCUT2D eigenvalue weighted by atomic mass is 16.6. The molecule has 0 N–H and O–H groups in total.